The lowest BCUT2D eigenvalue weighted by Gasteiger charge is -2.36. The fourth-order valence-corrected chi connectivity index (χ4v) is 3.75. The molecule has 0 unspecified atom stereocenters. The van der Waals surface area contributed by atoms with Crippen LogP contribution in [0.4, 0.5) is 5.69 Å². The van der Waals surface area contributed by atoms with Gasteiger partial charge >= 0.3 is 0 Å². The topological polar surface area (TPSA) is 52.7 Å². The molecular formula is C19H27N3O2. The van der Waals surface area contributed by atoms with Crippen molar-refractivity contribution in [2.45, 2.75) is 38.1 Å². The van der Waals surface area contributed by atoms with Gasteiger partial charge in [-0.05, 0) is 56.3 Å². The van der Waals surface area contributed by atoms with Gasteiger partial charge in [0.1, 0.15) is 0 Å². The minimum atomic E-state index is -0.0529. The first-order valence-corrected chi connectivity index (χ1v) is 8.87. The molecule has 1 aromatic carbocycles. The van der Waals surface area contributed by atoms with Crippen LogP contribution in [0.3, 0.4) is 0 Å². The Kier molecular flexibility index (Phi) is 5.19. The molecule has 0 aromatic heterocycles. The standard InChI is InChI=1S/C19H27N3O2/c1-21(2)18(23)13-14-9-11-22(12-10-14)17-8-7-15-5-3-4-6-16(15)20-19(17)24/h3-6,14,17H,7-13H2,1-2H3,(H,20,24)/t17-/m1/s1. The van der Waals surface area contributed by atoms with E-state index in [4.69, 9.17) is 0 Å². The lowest BCUT2D eigenvalue weighted by atomic mass is 9.91. The molecule has 0 bridgehead atoms. The number of anilines is 1. The van der Waals surface area contributed by atoms with Crippen molar-refractivity contribution >= 4 is 17.5 Å². The number of fused-ring (bicyclic) bond motifs is 1. The molecule has 2 amide bonds. The van der Waals surface area contributed by atoms with Gasteiger partial charge in [-0.15, -0.1) is 0 Å². The Morgan fingerprint density at radius 3 is 2.62 bits per heavy atom. The van der Waals surface area contributed by atoms with Crippen molar-refractivity contribution in [1.29, 1.82) is 0 Å². The summed E-state index contributed by atoms with van der Waals surface area (Å²) in [6, 6.07) is 8.01. The molecule has 3 rings (SSSR count). The Morgan fingerprint density at radius 2 is 1.92 bits per heavy atom. The summed E-state index contributed by atoms with van der Waals surface area (Å²) >= 11 is 0. The molecule has 0 saturated carbocycles. The van der Waals surface area contributed by atoms with Crippen LogP contribution in [0.25, 0.3) is 0 Å². The van der Waals surface area contributed by atoms with Gasteiger partial charge in [0.05, 0.1) is 6.04 Å². The Balaban J connectivity index is 1.57. The molecule has 5 nitrogen and oxygen atoms in total. The van der Waals surface area contributed by atoms with E-state index in [0.29, 0.717) is 12.3 Å². The number of carbonyl (C=O) groups excluding carboxylic acids is 2. The van der Waals surface area contributed by atoms with Crippen molar-refractivity contribution in [2.75, 3.05) is 32.5 Å². The van der Waals surface area contributed by atoms with Crippen LogP contribution in [-0.2, 0) is 16.0 Å². The number of aryl methyl sites for hydroxylation is 1. The van der Waals surface area contributed by atoms with E-state index in [2.05, 4.69) is 16.3 Å². The normalized spacial score (nSPS) is 22.4. The van der Waals surface area contributed by atoms with Crippen LogP contribution in [0, 0.1) is 5.92 Å². The van der Waals surface area contributed by atoms with E-state index in [1.807, 2.05) is 32.3 Å². The molecule has 1 atom stereocenters. The van der Waals surface area contributed by atoms with Gasteiger partial charge in [-0.2, -0.15) is 0 Å². The van der Waals surface area contributed by atoms with E-state index in [-0.39, 0.29) is 17.9 Å². The second-order valence-electron chi connectivity index (χ2n) is 7.17. The van der Waals surface area contributed by atoms with Crippen LogP contribution in [0.15, 0.2) is 24.3 Å². The van der Waals surface area contributed by atoms with Crippen molar-refractivity contribution in [1.82, 2.24) is 9.80 Å². The van der Waals surface area contributed by atoms with E-state index in [1.54, 1.807) is 4.90 Å². The number of benzene rings is 1. The largest absolute Gasteiger partial charge is 0.349 e. The summed E-state index contributed by atoms with van der Waals surface area (Å²) in [6.45, 7) is 1.81. The van der Waals surface area contributed by atoms with Crippen molar-refractivity contribution in [3.63, 3.8) is 0 Å². The van der Waals surface area contributed by atoms with Gasteiger partial charge in [0, 0.05) is 26.2 Å². The smallest absolute Gasteiger partial charge is 0.241 e. The Hall–Kier alpha value is -1.88. The molecule has 0 spiro atoms. The van der Waals surface area contributed by atoms with E-state index in [1.165, 1.54) is 5.56 Å². The van der Waals surface area contributed by atoms with Crippen LogP contribution in [0.5, 0.6) is 0 Å². The molecule has 1 N–H and O–H groups in total. The molecule has 2 heterocycles. The number of hydrogen-bond donors (Lipinski definition) is 1. The van der Waals surface area contributed by atoms with Crippen LogP contribution < -0.4 is 5.32 Å². The molecule has 1 aromatic rings. The molecule has 130 valence electrons. The first-order chi connectivity index (χ1) is 11.5. The average Bonchev–Trinajstić information content (AvgIpc) is 2.74. The first-order valence-electron chi connectivity index (χ1n) is 8.87. The van der Waals surface area contributed by atoms with Crippen molar-refractivity contribution in [3.8, 4) is 0 Å². The lowest BCUT2D eigenvalue weighted by molar-refractivity contribution is -0.130. The van der Waals surface area contributed by atoms with Gasteiger partial charge in [0.2, 0.25) is 11.8 Å². The highest BCUT2D eigenvalue weighted by molar-refractivity contribution is 5.96. The fraction of sp³-hybridized carbons (Fsp3) is 0.579. The van der Waals surface area contributed by atoms with Crippen molar-refractivity contribution in [2.24, 2.45) is 5.92 Å². The molecule has 2 aliphatic rings. The summed E-state index contributed by atoms with van der Waals surface area (Å²) in [7, 11) is 3.62. The van der Waals surface area contributed by atoms with Gasteiger partial charge in [-0.3, -0.25) is 14.5 Å². The molecular weight excluding hydrogens is 302 g/mol. The monoisotopic (exact) mass is 329 g/mol. The maximum absolute atomic E-state index is 12.6. The highest BCUT2D eigenvalue weighted by Gasteiger charge is 2.32. The average molecular weight is 329 g/mol. The molecule has 1 fully saturated rings. The summed E-state index contributed by atoms with van der Waals surface area (Å²) in [6.07, 6.45) is 4.42. The zero-order valence-electron chi connectivity index (χ0n) is 14.6. The van der Waals surface area contributed by atoms with Crippen LogP contribution in [-0.4, -0.2) is 54.8 Å². The van der Waals surface area contributed by atoms with Crippen LogP contribution >= 0.6 is 0 Å². The third-order valence-corrected chi connectivity index (χ3v) is 5.32. The van der Waals surface area contributed by atoms with Gasteiger partial charge < -0.3 is 10.2 Å². The molecule has 0 radical (unpaired) electrons. The predicted octanol–water partition coefficient (Wildman–Crippen LogP) is 2.13. The van der Waals surface area contributed by atoms with Crippen molar-refractivity contribution < 1.29 is 9.59 Å². The van der Waals surface area contributed by atoms with Gasteiger partial charge in [0.25, 0.3) is 0 Å². The third kappa shape index (κ3) is 3.78. The second kappa shape index (κ2) is 7.34. The van der Waals surface area contributed by atoms with Gasteiger partial charge in [-0.25, -0.2) is 0 Å². The maximum atomic E-state index is 12.6. The Labute approximate surface area is 144 Å². The number of para-hydroxylation sites is 1. The fourth-order valence-electron chi connectivity index (χ4n) is 3.75. The number of rotatable bonds is 3. The third-order valence-electron chi connectivity index (χ3n) is 5.32. The summed E-state index contributed by atoms with van der Waals surface area (Å²) in [5.41, 5.74) is 2.18. The number of carbonyl (C=O) groups is 2. The minimum Gasteiger partial charge on any atom is -0.349 e. The summed E-state index contributed by atoms with van der Waals surface area (Å²) in [4.78, 5) is 28.4. The Bertz CT molecular complexity index is 606. The van der Waals surface area contributed by atoms with Crippen LogP contribution in [0.1, 0.15) is 31.2 Å². The van der Waals surface area contributed by atoms with Crippen LogP contribution in [0.2, 0.25) is 0 Å². The molecule has 2 aliphatic heterocycles. The molecule has 5 heteroatoms. The number of piperidine rings is 1. The zero-order valence-corrected chi connectivity index (χ0v) is 14.6. The molecule has 0 aliphatic carbocycles. The zero-order chi connectivity index (χ0) is 17.1. The summed E-state index contributed by atoms with van der Waals surface area (Å²) in [5.74, 6) is 0.765. The van der Waals surface area contributed by atoms with E-state index in [9.17, 15) is 9.59 Å². The number of nitrogens with zero attached hydrogens (tertiary/aromatic N) is 2. The quantitative estimate of drug-likeness (QED) is 0.924. The summed E-state index contributed by atoms with van der Waals surface area (Å²) < 4.78 is 0. The molecule has 24 heavy (non-hydrogen) atoms. The van der Waals surface area contributed by atoms with Gasteiger partial charge in [-0.1, -0.05) is 18.2 Å². The van der Waals surface area contributed by atoms with E-state index >= 15 is 0 Å². The number of likely N-dealkylation sites (tertiary alicyclic amines) is 1. The van der Waals surface area contributed by atoms with E-state index < -0.39 is 0 Å². The van der Waals surface area contributed by atoms with Crippen molar-refractivity contribution in [3.05, 3.63) is 29.8 Å². The SMILES string of the molecule is CN(C)C(=O)CC1CCN([C@@H]2CCc3ccccc3NC2=O)CC1. The highest BCUT2D eigenvalue weighted by Crippen LogP contribution is 2.27. The minimum absolute atomic E-state index is 0.0529. The van der Waals surface area contributed by atoms with Gasteiger partial charge in [0.15, 0.2) is 0 Å². The first kappa shape index (κ1) is 17.0. The highest BCUT2D eigenvalue weighted by atomic mass is 16.2. The lowest BCUT2D eigenvalue weighted by Crippen LogP contribution is -2.47. The number of nitrogens with one attached hydrogen (secondary N) is 1. The predicted molar refractivity (Wildman–Crippen MR) is 94.8 cm³/mol. The number of hydrogen-bond acceptors (Lipinski definition) is 3. The second-order valence-corrected chi connectivity index (χ2v) is 7.17. The maximum Gasteiger partial charge on any atom is 0.241 e. The molecule has 1 saturated heterocycles. The number of amides is 2. The summed E-state index contributed by atoms with van der Waals surface area (Å²) in [5, 5.41) is 3.09. The van der Waals surface area contributed by atoms with E-state index in [0.717, 1.165) is 44.5 Å². The Morgan fingerprint density at radius 1 is 1.21 bits per heavy atom.